The van der Waals surface area contributed by atoms with Gasteiger partial charge in [-0.3, -0.25) is 0 Å². The summed E-state index contributed by atoms with van der Waals surface area (Å²) in [5, 5.41) is -0.591. The lowest BCUT2D eigenvalue weighted by Gasteiger charge is -2.01. The lowest BCUT2D eigenvalue weighted by atomic mass is 10.4. The Hall–Kier alpha value is -1.89. The van der Waals surface area contributed by atoms with Gasteiger partial charge in [-0.05, 0) is 12.1 Å². The van der Waals surface area contributed by atoms with Gasteiger partial charge in [0.15, 0.2) is 0 Å². The van der Waals surface area contributed by atoms with Crippen LogP contribution >= 0.6 is 0 Å². The lowest BCUT2D eigenvalue weighted by molar-refractivity contribution is 0.505. The number of sulfone groups is 1. The van der Waals surface area contributed by atoms with Crippen molar-refractivity contribution in [3.05, 3.63) is 42.7 Å². The highest BCUT2D eigenvalue weighted by molar-refractivity contribution is 7.91. The standard InChI is InChI=1S/C9H6FN3O2S/c10-8-11-6-12-9(13-8)16(14,15)7-4-2-1-3-5-7/h1-6H. The van der Waals surface area contributed by atoms with E-state index >= 15 is 0 Å². The van der Waals surface area contributed by atoms with Crippen molar-refractivity contribution in [2.24, 2.45) is 0 Å². The molecule has 1 heterocycles. The molecule has 1 aromatic carbocycles. The summed E-state index contributed by atoms with van der Waals surface area (Å²) in [5.41, 5.74) is 0. The Labute approximate surface area is 90.9 Å². The van der Waals surface area contributed by atoms with Gasteiger partial charge in [0.05, 0.1) is 4.90 Å². The van der Waals surface area contributed by atoms with Crippen molar-refractivity contribution in [1.29, 1.82) is 0 Å². The minimum absolute atomic E-state index is 0.0144. The summed E-state index contributed by atoms with van der Waals surface area (Å²) in [6, 6.07) is 7.57. The van der Waals surface area contributed by atoms with Crippen molar-refractivity contribution >= 4 is 9.84 Å². The molecule has 2 aromatic rings. The average Bonchev–Trinajstić information content (AvgIpc) is 2.30. The fraction of sp³-hybridized carbons (Fsp3) is 0. The Balaban J connectivity index is 2.56. The molecule has 0 N–H and O–H groups in total. The molecule has 0 aliphatic heterocycles. The highest BCUT2D eigenvalue weighted by Gasteiger charge is 2.21. The van der Waals surface area contributed by atoms with Gasteiger partial charge < -0.3 is 0 Å². The summed E-state index contributed by atoms with van der Waals surface area (Å²) >= 11 is 0. The number of hydrogen-bond donors (Lipinski definition) is 0. The summed E-state index contributed by atoms with van der Waals surface area (Å²) in [7, 11) is -3.86. The van der Waals surface area contributed by atoms with Crippen LogP contribution < -0.4 is 0 Å². The molecule has 0 aliphatic rings. The van der Waals surface area contributed by atoms with Crippen LogP contribution in [0.5, 0.6) is 0 Å². The van der Waals surface area contributed by atoms with Gasteiger partial charge in [-0.25, -0.2) is 13.4 Å². The van der Waals surface area contributed by atoms with Crippen molar-refractivity contribution in [3.8, 4) is 0 Å². The minimum Gasteiger partial charge on any atom is -0.215 e. The Morgan fingerprint density at radius 3 is 2.38 bits per heavy atom. The molecule has 0 saturated carbocycles. The van der Waals surface area contributed by atoms with Crippen molar-refractivity contribution in [1.82, 2.24) is 15.0 Å². The summed E-state index contributed by atoms with van der Waals surface area (Å²) in [6.07, 6.45) is -0.303. The fourth-order valence-corrected chi connectivity index (χ4v) is 2.20. The molecule has 2 rings (SSSR count). The molecule has 0 aliphatic carbocycles. The van der Waals surface area contributed by atoms with Gasteiger partial charge >= 0.3 is 6.08 Å². The highest BCUT2D eigenvalue weighted by atomic mass is 32.2. The maximum atomic E-state index is 12.7. The van der Waals surface area contributed by atoms with E-state index in [4.69, 9.17) is 0 Å². The van der Waals surface area contributed by atoms with E-state index in [0.717, 1.165) is 6.33 Å². The van der Waals surface area contributed by atoms with Crippen molar-refractivity contribution in [2.45, 2.75) is 10.1 Å². The van der Waals surface area contributed by atoms with Crippen LogP contribution in [-0.2, 0) is 9.84 Å². The van der Waals surface area contributed by atoms with E-state index < -0.39 is 21.1 Å². The van der Waals surface area contributed by atoms with Crippen LogP contribution in [0.3, 0.4) is 0 Å². The number of hydrogen-bond acceptors (Lipinski definition) is 5. The largest absolute Gasteiger partial charge is 0.312 e. The monoisotopic (exact) mass is 239 g/mol. The molecule has 0 atom stereocenters. The molecule has 0 bridgehead atoms. The first-order chi connectivity index (χ1) is 7.60. The molecular formula is C9H6FN3O2S. The second-order valence-electron chi connectivity index (χ2n) is 2.85. The van der Waals surface area contributed by atoms with Crippen LogP contribution in [0.2, 0.25) is 0 Å². The third-order valence-corrected chi connectivity index (χ3v) is 3.38. The van der Waals surface area contributed by atoms with Crippen molar-refractivity contribution in [3.63, 3.8) is 0 Å². The normalized spacial score (nSPS) is 11.3. The maximum absolute atomic E-state index is 12.7. The van der Waals surface area contributed by atoms with Crippen LogP contribution in [-0.4, -0.2) is 23.4 Å². The first-order valence-electron chi connectivity index (χ1n) is 4.25. The van der Waals surface area contributed by atoms with E-state index in [1.165, 1.54) is 12.1 Å². The SMILES string of the molecule is O=S(=O)(c1ccccc1)c1ncnc(F)n1. The molecule has 0 spiro atoms. The van der Waals surface area contributed by atoms with E-state index in [1.807, 2.05) is 0 Å². The van der Waals surface area contributed by atoms with Crippen LogP contribution in [0, 0.1) is 6.08 Å². The van der Waals surface area contributed by atoms with Gasteiger partial charge in [0.1, 0.15) is 6.33 Å². The molecule has 5 nitrogen and oxygen atoms in total. The number of aromatic nitrogens is 3. The number of nitrogens with zero attached hydrogens (tertiary/aromatic N) is 3. The number of halogens is 1. The molecule has 0 fully saturated rings. The lowest BCUT2D eigenvalue weighted by Crippen LogP contribution is -2.08. The predicted octanol–water partition coefficient (Wildman–Crippen LogP) is 0.844. The van der Waals surface area contributed by atoms with Gasteiger partial charge in [-0.15, -0.1) is 0 Å². The molecular weight excluding hydrogens is 233 g/mol. The Kier molecular flexibility index (Phi) is 2.61. The van der Waals surface area contributed by atoms with E-state index in [0.29, 0.717) is 0 Å². The summed E-state index contributed by atoms with van der Waals surface area (Å²) < 4.78 is 36.4. The molecule has 0 amide bonds. The third kappa shape index (κ3) is 1.89. The van der Waals surface area contributed by atoms with Gasteiger partial charge in [-0.1, -0.05) is 18.2 Å². The van der Waals surface area contributed by atoms with E-state index in [2.05, 4.69) is 15.0 Å². The second kappa shape index (κ2) is 3.93. The second-order valence-corrected chi connectivity index (χ2v) is 4.70. The van der Waals surface area contributed by atoms with Crippen LogP contribution in [0.1, 0.15) is 0 Å². The van der Waals surface area contributed by atoms with E-state index in [9.17, 15) is 12.8 Å². The molecule has 1 aromatic heterocycles. The first kappa shape index (κ1) is 10.6. The van der Waals surface area contributed by atoms with Gasteiger partial charge in [-0.2, -0.15) is 14.4 Å². The molecule has 82 valence electrons. The topological polar surface area (TPSA) is 72.8 Å². The fourth-order valence-electron chi connectivity index (χ4n) is 1.10. The smallest absolute Gasteiger partial charge is 0.215 e. The van der Waals surface area contributed by atoms with Crippen molar-refractivity contribution in [2.75, 3.05) is 0 Å². The zero-order chi connectivity index (χ0) is 11.6. The number of rotatable bonds is 2. The Morgan fingerprint density at radius 2 is 1.75 bits per heavy atom. The Bertz CT molecular complexity index is 601. The molecule has 0 unspecified atom stereocenters. The third-order valence-electron chi connectivity index (χ3n) is 1.81. The highest BCUT2D eigenvalue weighted by Crippen LogP contribution is 2.15. The number of benzene rings is 1. The van der Waals surface area contributed by atoms with E-state index in [-0.39, 0.29) is 4.90 Å². The zero-order valence-corrected chi connectivity index (χ0v) is 8.72. The van der Waals surface area contributed by atoms with E-state index in [1.54, 1.807) is 18.2 Å². The Morgan fingerprint density at radius 1 is 1.06 bits per heavy atom. The van der Waals surface area contributed by atoms with Crippen LogP contribution in [0.15, 0.2) is 46.7 Å². The molecule has 7 heteroatoms. The quantitative estimate of drug-likeness (QED) is 0.776. The average molecular weight is 239 g/mol. The van der Waals surface area contributed by atoms with Gasteiger partial charge in [0.25, 0.3) is 5.16 Å². The molecule has 0 radical (unpaired) electrons. The molecule has 16 heavy (non-hydrogen) atoms. The van der Waals surface area contributed by atoms with Crippen LogP contribution in [0.25, 0.3) is 0 Å². The van der Waals surface area contributed by atoms with Crippen molar-refractivity contribution < 1.29 is 12.8 Å². The maximum Gasteiger partial charge on any atom is 0.312 e. The minimum atomic E-state index is -3.86. The summed E-state index contributed by atoms with van der Waals surface area (Å²) in [6.45, 7) is 0. The molecule has 0 saturated heterocycles. The zero-order valence-electron chi connectivity index (χ0n) is 7.91. The first-order valence-corrected chi connectivity index (χ1v) is 5.74. The van der Waals surface area contributed by atoms with Gasteiger partial charge in [0, 0.05) is 0 Å². The van der Waals surface area contributed by atoms with Crippen LogP contribution in [0.4, 0.5) is 4.39 Å². The predicted molar refractivity (Wildman–Crippen MR) is 51.7 cm³/mol. The summed E-state index contributed by atoms with van der Waals surface area (Å²) in [5.74, 6) is 0. The van der Waals surface area contributed by atoms with Gasteiger partial charge in [0.2, 0.25) is 9.84 Å². The summed E-state index contributed by atoms with van der Waals surface area (Å²) in [4.78, 5) is 9.69.